The van der Waals surface area contributed by atoms with Crippen molar-refractivity contribution in [3.05, 3.63) is 58.7 Å². The number of amides is 1. The molecule has 2 heterocycles. The maximum atomic E-state index is 13.4. The van der Waals surface area contributed by atoms with E-state index in [9.17, 15) is 14.7 Å². The van der Waals surface area contributed by atoms with Crippen LogP contribution in [0.1, 0.15) is 29.7 Å². The molecule has 2 aromatic carbocycles. The lowest BCUT2D eigenvalue weighted by molar-refractivity contribution is -0.140. The third-order valence-electron chi connectivity index (χ3n) is 6.79. The highest BCUT2D eigenvalue weighted by molar-refractivity contribution is 6.46. The summed E-state index contributed by atoms with van der Waals surface area (Å²) < 4.78 is 21.9. The number of hydrogen-bond donors (Lipinski definition) is 1. The molecule has 2 aliphatic heterocycles. The van der Waals surface area contributed by atoms with Crippen LogP contribution in [0.15, 0.2) is 42.0 Å². The van der Waals surface area contributed by atoms with Gasteiger partial charge in [0.05, 0.1) is 45.7 Å². The zero-order valence-corrected chi connectivity index (χ0v) is 21.8. The average molecular weight is 511 g/mol. The van der Waals surface area contributed by atoms with Crippen molar-refractivity contribution in [1.29, 1.82) is 0 Å². The topological polar surface area (TPSA) is 97.8 Å². The van der Waals surface area contributed by atoms with E-state index in [4.69, 9.17) is 18.9 Å². The summed E-state index contributed by atoms with van der Waals surface area (Å²) in [6, 6.07) is 9.74. The van der Waals surface area contributed by atoms with Crippen LogP contribution >= 0.6 is 0 Å². The summed E-state index contributed by atoms with van der Waals surface area (Å²) >= 11 is 0. The molecule has 1 amide bonds. The highest BCUT2D eigenvalue weighted by atomic mass is 16.5. The second kappa shape index (κ2) is 11.7. The zero-order valence-electron chi connectivity index (χ0n) is 21.8. The van der Waals surface area contributed by atoms with E-state index in [0.717, 1.165) is 18.7 Å². The number of nitrogens with zero attached hydrogens (tertiary/aromatic N) is 2. The standard InChI is InChI=1S/C28H34N2O7/c1-5-37-20-7-8-21(18(2)16-20)26(31)24-25(19-6-9-22(34-3)23(17-19)35-4)30(28(33)27(24)32)11-10-29-12-14-36-15-13-29/h6-9,16-17,25,31H,5,10-15H2,1-4H3. The number of methoxy groups -OCH3 is 2. The van der Waals surface area contributed by atoms with Gasteiger partial charge in [-0.3, -0.25) is 14.5 Å². The molecule has 2 fully saturated rings. The Morgan fingerprint density at radius 3 is 2.41 bits per heavy atom. The Bertz CT molecular complexity index is 1190. The summed E-state index contributed by atoms with van der Waals surface area (Å²) in [5, 5.41) is 11.5. The molecule has 4 rings (SSSR count). The molecule has 0 radical (unpaired) electrons. The minimum Gasteiger partial charge on any atom is -0.507 e. The molecule has 2 saturated heterocycles. The molecule has 2 aromatic rings. The maximum absolute atomic E-state index is 13.4. The Balaban J connectivity index is 1.79. The van der Waals surface area contributed by atoms with Crippen LogP contribution in [0.4, 0.5) is 0 Å². The lowest BCUT2D eigenvalue weighted by Crippen LogP contribution is -2.42. The molecule has 0 bridgehead atoms. The Morgan fingerprint density at radius 2 is 1.76 bits per heavy atom. The van der Waals surface area contributed by atoms with Gasteiger partial charge in [-0.1, -0.05) is 6.07 Å². The first-order valence-electron chi connectivity index (χ1n) is 12.4. The van der Waals surface area contributed by atoms with Crippen molar-refractivity contribution in [1.82, 2.24) is 9.80 Å². The zero-order chi connectivity index (χ0) is 26.5. The number of Topliss-reactive ketones (excluding diaryl/α,β-unsaturated/α-hetero) is 1. The van der Waals surface area contributed by atoms with E-state index < -0.39 is 17.7 Å². The smallest absolute Gasteiger partial charge is 0.295 e. The Morgan fingerprint density at radius 1 is 1.03 bits per heavy atom. The number of aliphatic hydroxyl groups is 1. The van der Waals surface area contributed by atoms with Crippen molar-refractivity contribution in [2.45, 2.75) is 19.9 Å². The van der Waals surface area contributed by atoms with Gasteiger partial charge in [0, 0.05) is 31.7 Å². The van der Waals surface area contributed by atoms with Crippen molar-refractivity contribution >= 4 is 17.4 Å². The number of ether oxygens (including phenoxy) is 4. The number of aryl methyl sites for hydroxylation is 1. The van der Waals surface area contributed by atoms with E-state index in [2.05, 4.69) is 4.90 Å². The lowest BCUT2D eigenvalue weighted by Gasteiger charge is -2.31. The molecular weight excluding hydrogens is 476 g/mol. The predicted molar refractivity (Wildman–Crippen MR) is 138 cm³/mol. The predicted octanol–water partition coefficient (Wildman–Crippen LogP) is 3.16. The average Bonchev–Trinajstić information content (AvgIpc) is 3.17. The van der Waals surface area contributed by atoms with Gasteiger partial charge in [0.15, 0.2) is 11.5 Å². The number of benzene rings is 2. The van der Waals surface area contributed by atoms with Crippen LogP contribution in [0.2, 0.25) is 0 Å². The van der Waals surface area contributed by atoms with E-state index in [-0.39, 0.29) is 11.3 Å². The highest BCUT2D eigenvalue weighted by Gasteiger charge is 2.46. The van der Waals surface area contributed by atoms with Crippen LogP contribution in [-0.2, 0) is 14.3 Å². The quantitative estimate of drug-likeness (QED) is 0.312. The van der Waals surface area contributed by atoms with Crippen LogP contribution in [0.25, 0.3) is 5.76 Å². The summed E-state index contributed by atoms with van der Waals surface area (Å²) in [6.45, 7) is 7.93. The first-order chi connectivity index (χ1) is 17.9. The van der Waals surface area contributed by atoms with Crippen molar-refractivity contribution < 1.29 is 33.6 Å². The van der Waals surface area contributed by atoms with Crippen LogP contribution in [0, 0.1) is 6.92 Å². The third-order valence-corrected chi connectivity index (χ3v) is 6.79. The normalized spacial score (nSPS) is 19.8. The number of aliphatic hydroxyl groups excluding tert-OH is 1. The molecule has 1 unspecified atom stereocenters. The molecular formula is C28H34N2O7. The number of likely N-dealkylation sites (tertiary alicyclic amines) is 1. The van der Waals surface area contributed by atoms with E-state index in [0.29, 0.717) is 61.3 Å². The maximum Gasteiger partial charge on any atom is 0.295 e. The Hall–Kier alpha value is -3.56. The summed E-state index contributed by atoms with van der Waals surface area (Å²) in [7, 11) is 3.07. The Kier molecular flexibility index (Phi) is 8.35. The SMILES string of the molecule is CCOc1ccc(C(O)=C2C(=O)C(=O)N(CCN3CCOCC3)C2c2ccc(OC)c(OC)c2)c(C)c1. The molecule has 9 nitrogen and oxygen atoms in total. The second-order valence-electron chi connectivity index (χ2n) is 8.97. The lowest BCUT2D eigenvalue weighted by atomic mass is 9.93. The molecule has 0 saturated carbocycles. The molecule has 2 aliphatic rings. The summed E-state index contributed by atoms with van der Waals surface area (Å²) in [5.74, 6) is 0.0899. The number of hydrogen-bond acceptors (Lipinski definition) is 8. The van der Waals surface area contributed by atoms with Gasteiger partial charge in [-0.25, -0.2) is 0 Å². The van der Waals surface area contributed by atoms with Crippen LogP contribution in [-0.4, -0.2) is 86.8 Å². The molecule has 0 aliphatic carbocycles. The highest BCUT2D eigenvalue weighted by Crippen LogP contribution is 2.42. The Labute approximate surface area is 217 Å². The summed E-state index contributed by atoms with van der Waals surface area (Å²) in [4.78, 5) is 30.5. The van der Waals surface area contributed by atoms with Gasteiger partial charge in [-0.2, -0.15) is 0 Å². The van der Waals surface area contributed by atoms with Crippen LogP contribution in [0.5, 0.6) is 17.2 Å². The van der Waals surface area contributed by atoms with E-state index >= 15 is 0 Å². The number of carbonyl (C=O) groups is 2. The van der Waals surface area contributed by atoms with Crippen LogP contribution in [0.3, 0.4) is 0 Å². The largest absolute Gasteiger partial charge is 0.507 e. The van der Waals surface area contributed by atoms with Crippen molar-refractivity contribution in [3.63, 3.8) is 0 Å². The van der Waals surface area contributed by atoms with E-state index in [1.807, 2.05) is 13.8 Å². The van der Waals surface area contributed by atoms with Crippen molar-refractivity contribution in [2.24, 2.45) is 0 Å². The van der Waals surface area contributed by atoms with E-state index in [1.165, 1.54) is 12.0 Å². The van der Waals surface area contributed by atoms with Gasteiger partial charge in [-0.05, 0) is 55.3 Å². The minimum atomic E-state index is -0.785. The van der Waals surface area contributed by atoms with Gasteiger partial charge < -0.3 is 29.0 Å². The molecule has 0 spiro atoms. The van der Waals surface area contributed by atoms with Gasteiger partial charge >= 0.3 is 0 Å². The van der Waals surface area contributed by atoms with Gasteiger partial charge in [0.1, 0.15) is 11.5 Å². The summed E-state index contributed by atoms with van der Waals surface area (Å²) in [6.07, 6.45) is 0. The van der Waals surface area contributed by atoms with E-state index in [1.54, 1.807) is 43.5 Å². The van der Waals surface area contributed by atoms with Gasteiger partial charge in [0.2, 0.25) is 0 Å². The fourth-order valence-electron chi connectivity index (χ4n) is 4.86. The number of carbonyl (C=O) groups excluding carboxylic acids is 2. The molecule has 0 aromatic heterocycles. The number of morpholine rings is 1. The van der Waals surface area contributed by atoms with Gasteiger partial charge in [0.25, 0.3) is 11.7 Å². The molecule has 37 heavy (non-hydrogen) atoms. The van der Waals surface area contributed by atoms with Crippen LogP contribution < -0.4 is 14.2 Å². The molecule has 1 N–H and O–H groups in total. The summed E-state index contributed by atoms with van der Waals surface area (Å²) in [5.41, 5.74) is 1.89. The van der Waals surface area contributed by atoms with Crippen molar-refractivity contribution in [3.8, 4) is 17.2 Å². The molecule has 9 heteroatoms. The fourth-order valence-corrected chi connectivity index (χ4v) is 4.86. The number of ketones is 1. The first kappa shape index (κ1) is 26.5. The third kappa shape index (κ3) is 5.42. The number of rotatable bonds is 9. The molecule has 198 valence electrons. The van der Waals surface area contributed by atoms with Crippen molar-refractivity contribution in [2.75, 3.05) is 60.2 Å². The fraction of sp³-hybridized carbons (Fsp3) is 0.429. The van der Waals surface area contributed by atoms with Gasteiger partial charge in [-0.15, -0.1) is 0 Å². The molecule has 1 atom stereocenters. The second-order valence-corrected chi connectivity index (χ2v) is 8.97. The monoisotopic (exact) mass is 510 g/mol. The minimum absolute atomic E-state index is 0.0476. The first-order valence-corrected chi connectivity index (χ1v) is 12.4.